The van der Waals surface area contributed by atoms with Gasteiger partial charge in [-0.25, -0.2) is 8.42 Å². The number of hydrogen-bond donors (Lipinski definition) is 0. The normalized spacial score (nSPS) is 19.4. The van der Waals surface area contributed by atoms with E-state index in [2.05, 4.69) is 0 Å². The standard InChI is InChI=1S/C20H20Cl2N2O3S/c21-16-4-6-18(7-5-16)28(26,27)24-12-10-23(11-13-24)19(25)20(8-9-20)15-2-1-3-17(22)14-15/h1-7,14H,8-13H2. The van der Waals surface area contributed by atoms with Crippen LogP contribution in [0.4, 0.5) is 0 Å². The smallest absolute Gasteiger partial charge is 0.243 e. The van der Waals surface area contributed by atoms with Crippen LogP contribution in [0.1, 0.15) is 18.4 Å². The molecular weight excluding hydrogens is 419 g/mol. The number of nitrogens with zero attached hydrogens (tertiary/aromatic N) is 2. The van der Waals surface area contributed by atoms with Gasteiger partial charge in [-0.15, -0.1) is 0 Å². The van der Waals surface area contributed by atoms with Gasteiger partial charge in [0.15, 0.2) is 0 Å². The molecule has 2 aromatic rings. The van der Waals surface area contributed by atoms with Crippen LogP contribution >= 0.6 is 23.2 Å². The molecule has 8 heteroatoms. The molecule has 1 heterocycles. The Morgan fingerprint density at radius 2 is 1.54 bits per heavy atom. The van der Waals surface area contributed by atoms with E-state index in [0.717, 1.165) is 18.4 Å². The quantitative estimate of drug-likeness (QED) is 0.732. The largest absolute Gasteiger partial charge is 0.339 e. The van der Waals surface area contributed by atoms with Crippen molar-refractivity contribution in [3.63, 3.8) is 0 Å². The fraction of sp³-hybridized carbons (Fsp3) is 0.350. The fourth-order valence-corrected chi connectivity index (χ4v) is 5.47. The van der Waals surface area contributed by atoms with Gasteiger partial charge in [-0.05, 0) is 54.8 Å². The summed E-state index contributed by atoms with van der Waals surface area (Å²) in [5, 5.41) is 1.11. The molecule has 5 nitrogen and oxygen atoms in total. The van der Waals surface area contributed by atoms with Crippen molar-refractivity contribution in [3.8, 4) is 0 Å². The number of halogens is 2. The molecule has 0 unspecified atom stereocenters. The SMILES string of the molecule is O=C(N1CCN(S(=O)(=O)c2ccc(Cl)cc2)CC1)C1(c2cccc(Cl)c2)CC1. The maximum absolute atomic E-state index is 13.2. The van der Waals surface area contributed by atoms with Gasteiger partial charge in [-0.1, -0.05) is 35.3 Å². The molecule has 0 radical (unpaired) electrons. The van der Waals surface area contributed by atoms with E-state index in [1.807, 2.05) is 18.2 Å². The Bertz CT molecular complexity index is 996. The Kier molecular flexibility index (Phi) is 5.16. The van der Waals surface area contributed by atoms with E-state index in [0.29, 0.717) is 23.1 Å². The summed E-state index contributed by atoms with van der Waals surface area (Å²) in [5.74, 6) is 0.0679. The maximum atomic E-state index is 13.2. The second kappa shape index (κ2) is 7.34. The van der Waals surface area contributed by atoms with E-state index in [-0.39, 0.29) is 23.9 Å². The lowest BCUT2D eigenvalue weighted by Crippen LogP contribution is -2.52. The summed E-state index contributed by atoms with van der Waals surface area (Å²) in [4.78, 5) is 15.2. The van der Waals surface area contributed by atoms with Crippen LogP contribution in [-0.4, -0.2) is 49.7 Å². The van der Waals surface area contributed by atoms with Crippen molar-refractivity contribution in [2.75, 3.05) is 26.2 Å². The number of hydrogen-bond acceptors (Lipinski definition) is 3. The summed E-state index contributed by atoms with van der Waals surface area (Å²) < 4.78 is 27.0. The van der Waals surface area contributed by atoms with Crippen LogP contribution in [0, 0.1) is 0 Å². The predicted octanol–water partition coefficient (Wildman–Crippen LogP) is 3.56. The van der Waals surface area contributed by atoms with Crippen molar-refractivity contribution in [1.82, 2.24) is 9.21 Å². The highest BCUT2D eigenvalue weighted by molar-refractivity contribution is 7.89. The third kappa shape index (κ3) is 3.54. The van der Waals surface area contributed by atoms with Gasteiger partial charge in [0.2, 0.25) is 15.9 Å². The number of sulfonamides is 1. The number of benzene rings is 2. The zero-order valence-electron chi connectivity index (χ0n) is 15.1. The van der Waals surface area contributed by atoms with E-state index in [1.165, 1.54) is 16.4 Å². The lowest BCUT2D eigenvalue weighted by atomic mass is 9.94. The number of amides is 1. The molecule has 1 saturated heterocycles. The molecule has 28 heavy (non-hydrogen) atoms. The molecule has 0 bridgehead atoms. The molecule has 4 rings (SSSR count). The van der Waals surface area contributed by atoms with Crippen molar-refractivity contribution in [2.24, 2.45) is 0 Å². The van der Waals surface area contributed by atoms with Crippen LogP contribution in [0.2, 0.25) is 10.0 Å². The zero-order valence-corrected chi connectivity index (χ0v) is 17.5. The molecule has 2 aromatic carbocycles. The Morgan fingerprint density at radius 1 is 0.893 bits per heavy atom. The summed E-state index contributed by atoms with van der Waals surface area (Å²) >= 11 is 11.9. The second-order valence-corrected chi connectivity index (χ2v) is 10.1. The summed E-state index contributed by atoms with van der Waals surface area (Å²) in [5.41, 5.74) is 0.448. The van der Waals surface area contributed by atoms with Gasteiger partial charge in [0.25, 0.3) is 0 Å². The lowest BCUT2D eigenvalue weighted by Gasteiger charge is -2.36. The fourth-order valence-electron chi connectivity index (χ4n) is 3.73. The van der Waals surface area contributed by atoms with Crippen LogP contribution in [-0.2, 0) is 20.2 Å². The highest BCUT2D eigenvalue weighted by Crippen LogP contribution is 2.50. The lowest BCUT2D eigenvalue weighted by molar-refractivity contribution is -0.135. The Balaban J connectivity index is 1.46. The summed E-state index contributed by atoms with van der Waals surface area (Å²) in [6.07, 6.45) is 1.60. The van der Waals surface area contributed by atoms with Gasteiger partial charge >= 0.3 is 0 Å². The molecule has 148 valence electrons. The predicted molar refractivity (Wildman–Crippen MR) is 109 cm³/mol. The van der Waals surface area contributed by atoms with E-state index >= 15 is 0 Å². The van der Waals surface area contributed by atoms with Crippen LogP contribution < -0.4 is 0 Å². The molecule has 1 amide bonds. The van der Waals surface area contributed by atoms with Gasteiger partial charge < -0.3 is 4.90 Å². The number of carbonyl (C=O) groups is 1. The number of carbonyl (C=O) groups excluding carboxylic acids is 1. The molecule has 1 aliphatic heterocycles. The van der Waals surface area contributed by atoms with Crippen molar-refractivity contribution in [2.45, 2.75) is 23.2 Å². The van der Waals surface area contributed by atoms with E-state index < -0.39 is 15.4 Å². The van der Waals surface area contributed by atoms with Gasteiger partial charge in [0, 0.05) is 36.2 Å². The van der Waals surface area contributed by atoms with E-state index in [1.54, 1.807) is 23.1 Å². The minimum atomic E-state index is -3.59. The third-order valence-corrected chi connectivity index (χ3v) is 7.91. The average molecular weight is 439 g/mol. The first-order valence-corrected chi connectivity index (χ1v) is 11.3. The monoisotopic (exact) mass is 438 g/mol. The third-order valence-electron chi connectivity index (χ3n) is 5.51. The molecule has 1 aliphatic carbocycles. The number of piperazine rings is 1. The summed E-state index contributed by atoms with van der Waals surface area (Å²) in [7, 11) is -3.59. The highest BCUT2D eigenvalue weighted by atomic mass is 35.5. The first kappa shape index (κ1) is 19.7. The molecular formula is C20H20Cl2N2O3S. The molecule has 1 saturated carbocycles. The van der Waals surface area contributed by atoms with E-state index in [4.69, 9.17) is 23.2 Å². The van der Waals surface area contributed by atoms with Crippen molar-refractivity contribution >= 4 is 39.1 Å². The van der Waals surface area contributed by atoms with Crippen LogP contribution in [0.25, 0.3) is 0 Å². The van der Waals surface area contributed by atoms with E-state index in [9.17, 15) is 13.2 Å². The Labute approximate surface area is 174 Å². The topological polar surface area (TPSA) is 57.7 Å². The molecule has 2 fully saturated rings. The van der Waals surface area contributed by atoms with Crippen molar-refractivity contribution < 1.29 is 13.2 Å². The minimum Gasteiger partial charge on any atom is -0.339 e. The first-order valence-electron chi connectivity index (χ1n) is 9.14. The molecule has 0 atom stereocenters. The first-order chi connectivity index (χ1) is 13.3. The molecule has 0 spiro atoms. The Morgan fingerprint density at radius 3 is 2.11 bits per heavy atom. The average Bonchev–Trinajstić information content (AvgIpc) is 3.50. The second-order valence-electron chi connectivity index (χ2n) is 7.24. The zero-order chi connectivity index (χ0) is 19.9. The Hall–Kier alpha value is -1.60. The minimum absolute atomic E-state index is 0.0679. The van der Waals surface area contributed by atoms with Gasteiger partial charge in [-0.2, -0.15) is 4.31 Å². The van der Waals surface area contributed by atoms with Crippen molar-refractivity contribution in [1.29, 1.82) is 0 Å². The molecule has 0 aromatic heterocycles. The highest BCUT2D eigenvalue weighted by Gasteiger charge is 2.53. The van der Waals surface area contributed by atoms with Crippen LogP contribution in [0.5, 0.6) is 0 Å². The molecule has 2 aliphatic rings. The van der Waals surface area contributed by atoms with Crippen LogP contribution in [0.15, 0.2) is 53.4 Å². The summed E-state index contributed by atoms with van der Waals surface area (Å²) in [6, 6.07) is 13.6. The summed E-state index contributed by atoms with van der Waals surface area (Å²) in [6.45, 7) is 1.33. The van der Waals surface area contributed by atoms with Crippen molar-refractivity contribution in [3.05, 3.63) is 64.1 Å². The van der Waals surface area contributed by atoms with Gasteiger partial charge in [0.1, 0.15) is 0 Å². The maximum Gasteiger partial charge on any atom is 0.243 e. The van der Waals surface area contributed by atoms with Gasteiger partial charge in [-0.3, -0.25) is 4.79 Å². The molecule has 0 N–H and O–H groups in total. The van der Waals surface area contributed by atoms with Crippen LogP contribution in [0.3, 0.4) is 0 Å². The van der Waals surface area contributed by atoms with Gasteiger partial charge in [0.05, 0.1) is 10.3 Å². The number of rotatable bonds is 4.